The van der Waals surface area contributed by atoms with Crippen LogP contribution in [0.25, 0.3) is 23.3 Å². The predicted octanol–water partition coefficient (Wildman–Crippen LogP) is 5.01. The Balaban J connectivity index is 1.66. The normalized spacial score (nSPS) is 15.9. The van der Waals surface area contributed by atoms with Gasteiger partial charge in [-0.15, -0.1) is 0 Å². The van der Waals surface area contributed by atoms with Crippen LogP contribution in [0.4, 0.5) is 0 Å². The van der Waals surface area contributed by atoms with E-state index in [4.69, 9.17) is 14.2 Å². The summed E-state index contributed by atoms with van der Waals surface area (Å²) < 4.78 is 16.6. The van der Waals surface area contributed by atoms with Crippen LogP contribution in [0.5, 0.6) is 5.75 Å². The monoisotopic (exact) mass is 512 g/mol. The molecule has 7 nitrogen and oxygen atoms in total. The molecule has 1 saturated heterocycles. The lowest BCUT2D eigenvalue weighted by Gasteiger charge is -2.33. The number of rotatable bonds is 10. The quantitative estimate of drug-likeness (QED) is 0.301. The fourth-order valence-corrected chi connectivity index (χ4v) is 4.58. The first-order valence-electron chi connectivity index (χ1n) is 12.6. The van der Waals surface area contributed by atoms with Crippen molar-refractivity contribution in [2.75, 3.05) is 40.1 Å². The van der Waals surface area contributed by atoms with Crippen molar-refractivity contribution in [3.63, 3.8) is 0 Å². The SMILES string of the molecule is COCCOc1cc(/C=C/c2cccc(-c3ccccc3)c2C#N)c(C)cc1CN1CCOCC1C(=O)O. The maximum absolute atomic E-state index is 11.8. The molecule has 1 aliphatic heterocycles. The number of carboxylic acid groups (broad SMARTS) is 1. The Bertz CT molecular complexity index is 1330. The highest BCUT2D eigenvalue weighted by atomic mass is 16.5. The number of benzene rings is 3. The minimum absolute atomic E-state index is 0.165. The van der Waals surface area contributed by atoms with E-state index in [0.29, 0.717) is 44.2 Å². The number of hydrogen-bond donors (Lipinski definition) is 1. The Morgan fingerprint density at radius 1 is 1.13 bits per heavy atom. The summed E-state index contributed by atoms with van der Waals surface area (Å²) in [5, 5.41) is 19.6. The van der Waals surface area contributed by atoms with Crippen LogP contribution >= 0.6 is 0 Å². The summed E-state index contributed by atoms with van der Waals surface area (Å²) in [6, 6.07) is 21.4. The lowest BCUT2D eigenvalue weighted by Crippen LogP contribution is -2.49. The Hall–Kier alpha value is -3.96. The molecule has 3 aromatic rings. The van der Waals surface area contributed by atoms with Crippen molar-refractivity contribution in [3.05, 3.63) is 88.5 Å². The molecule has 1 atom stereocenters. The first-order valence-corrected chi connectivity index (χ1v) is 12.6. The van der Waals surface area contributed by atoms with Gasteiger partial charge in [0, 0.05) is 31.3 Å². The second kappa shape index (κ2) is 13.0. The molecule has 0 bridgehead atoms. The Labute approximate surface area is 223 Å². The van der Waals surface area contributed by atoms with Gasteiger partial charge in [-0.1, -0.05) is 66.7 Å². The van der Waals surface area contributed by atoms with Crippen LogP contribution in [0.3, 0.4) is 0 Å². The lowest BCUT2D eigenvalue weighted by atomic mass is 9.95. The van der Waals surface area contributed by atoms with E-state index in [9.17, 15) is 15.2 Å². The van der Waals surface area contributed by atoms with E-state index in [-0.39, 0.29) is 6.61 Å². The number of hydrogen-bond acceptors (Lipinski definition) is 6. The summed E-state index contributed by atoms with van der Waals surface area (Å²) >= 11 is 0. The number of carbonyl (C=O) groups is 1. The molecule has 1 aliphatic rings. The van der Waals surface area contributed by atoms with Gasteiger partial charge in [-0.25, -0.2) is 0 Å². The zero-order valence-corrected chi connectivity index (χ0v) is 21.7. The molecule has 1 N–H and O–H groups in total. The molecule has 0 saturated carbocycles. The first-order chi connectivity index (χ1) is 18.5. The molecule has 7 heteroatoms. The van der Waals surface area contributed by atoms with E-state index in [0.717, 1.165) is 33.4 Å². The molecule has 1 unspecified atom stereocenters. The minimum atomic E-state index is -0.895. The van der Waals surface area contributed by atoms with Gasteiger partial charge in [0.25, 0.3) is 0 Å². The molecule has 1 heterocycles. The number of methoxy groups -OCH3 is 1. The summed E-state index contributed by atoms with van der Waals surface area (Å²) in [4.78, 5) is 13.7. The van der Waals surface area contributed by atoms with Crippen molar-refractivity contribution >= 4 is 18.1 Å². The third kappa shape index (κ3) is 6.48. The van der Waals surface area contributed by atoms with E-state index >= 15 is 0 Å². The summed E-state index contributed by atoms with van der Waals surface area (Å²) in [6.45, 7) is 4.45. The molecule has 0 aliphatic carbocycles. The Morgan fingerprint density at radius 3 is 2.66 bits per heavy atom. The van der Waals surface area contributed by atoms with E-state index in [1.54, 1.807) is 7.11 Å². The zero-order valence-electron chi connectivity index (χ0n) is 21.7. The van der Waals surface area contributed by atoms with Crippen LogP contribution in [0.2, 0.25) is 0 Å². The average Bonchev–Trinajstić information content (AvgIpc) is 2.94. The summed E-state index contributed by atoms with van der Waals surface area (Å²) in [7, 11) is 1.62. The van der Waals surface area contributed by atoms with Crippen LogP contribution in [0.1, 0.15) is 27.8 Å². The van der Waals surface area contributed by atoms with Gasteiger partial charge >= 0.3 is 5.97 Å². The fourth-order valence-electron chi connectivity index (χ4n) is 4.58. The van der Waals surface area contributed by atoms with Crippen molar-refractivity contribution in [1.82, 2.24) is 4.90 Å². The molecule has 196 valence electrons. The van der Waals surface area contributed by atoms with E-state index in [1.165, 1.54) is 0 Å². The van der Waals surface area contributed by atoms with Gasteiger partial charge in [-0.05, 0) is 35.2 Å². The predicted molar refractivity (Wildman–Crippen MR) is 147 cm³/mol. The highest BCUT2D eigenvalue weighted by Crippen LogP contribution is 2.30. The van der Waals surface area contributed by atoms with E-state index < -0.39 is 12.0 Å². The minimum Gasteiger partial charge on any atom is -0.491 e. The third-order valence-corrected chi connectivity index (χ3v) is 6.63. The van der Waals surface area contributed by atoms with Gasteiger partial charge in [-0.2, -0.15) is 5.26 Å². The molecule has 3 aromatic carbocycles. The summed E-state index contributed by atoms with van der Waals surface area (Å²) in [5.41, 5.74) is 6.22. The second-order valence-electron chi connectivity index (χ2n) is 9.14. The van der Waals surface area contributed by atoms with Gasteiger partial charge in [0.1, 0.15) is 24.5 Å². The van der Waals surface area contributed by atoms with E-state index in [1.807, 2.05) is 84.6 Å². The number of aliphatic carboxylic acids is 1. The van der Waals surface area contributed by atoms with Gasteiger partial charge in [0.15, 0.2) is 0 Å². The highest BCUT2D eigenvalue weighted by Gasteiger charge is 2.30. The van der Waals surface area contributed by atoms with Crippen molar-refractivity contribution in [2.24, 2.45) is 0 Å². The molecular formula is C31H32N2O5. The zero-order chi connectivity index (χ0) is 26.9. The largest absolute Gasteiger partial charge is 0.491 e. The summed E-state index contributed by atoms with van der Waals surface area (Å²) in [5.74, 6) is -0.213. The topological polar surface area (TPSA) is 92.0 Å². The van der Waals surface area contributed by atoms with E-state index in [2.05, 4.69) is 6.07 Å². The highest BCUT2D eigenvalue weighted by molar-refractivity contribution is 5.81. The molecule has 0 amide bonds. The molecule has 0 radical (unpaired) electrons. The maximum atomic E-state index is 11.8. The molecule has 0 aromatic heterocycles. The Kier molecular flexibility index (Phi) is 9.28. The number of nitrogens with zero attached hydrogens (tertiary/aromatic N) is 2. The van der Waals surface area contributed by atoms with Gasteiger partial charge in [0.2, 0.25) is 0 Å². The van der Waals surface area contributed by atoms with Crippen LogP contribution in [0, 0.1) is 18.3 Å². The fraction of sp³-hybridized carbons (Fsp3) is 0.290. The van der Waals surface area contributed by atoms with Crippen molar-refractivity contribution in [1.29, 1.82) is 5.26 Å². The van der Waals surface area contributed by atoms with Crippen molar-refractivity contribution in [3.8, 4) is 22.9 Å². The second-order valence-corrected chi connectivity index (χ2v) is 9.14. The van der Waals surface area contributed by atoms with Crippen LogP contribution in [-0.4, -0.2) is 62.1 Å². The molecular weight excluding hydrogens is 480 g/mol. The van der Waals surface area contributed by atoms with Crippen molar-refractivity contribution in [2.45, 2.75) is 19.5 Å². The molecule has 4 rings (SSSR count). The van der Waals surface area contributed by atoms with Gasteiger partial charge < -0.3 is 19.3 Å². The Morgan fingerprint density at radius 2 is 1.92 bits per heavy atom. The van der Waals surface area contributed by atoms with Crippen LogP contribution in [0.15, 0.2) is 60.7 Å². The van der Waals surface area contributed by atoms with Crippen molar-refractivity contribution < 1.29 is 24.1 Å². The standard InChI is InChI=1S/C31H32N2O5/c1-22-17-26(20-33-13-14-37-21-29(33)31(34)35)30(38-16-15-36-2)18-25(22)12-11-24-9-6-10-27(28(24)19-32)23-7-4-3-5-8-23/h3-12,17-18,29H,13-16,20-21H2,1-2H3,(H,34,35)/b12-11+. The van der Waals surface area contributed by atoms with Crippen LogP contribution < -0.4 is 4.74 Å². The van der Waals surface area contributed by atoms with Crippen LogP contribution in [-0.2, 0) is 20.8 Å². The lowest BCUT2D eigenvalue weighted by molar-refractivity contribution is -0.150. The number of morpholine rings is 1. The number of nitriles is 1. The van der Waals surface area contributed by atoms with Gasteiger partial charge in [-0.3, -0.25) is 9.69 Å². The summed E-state index contributed by atoms with van der Waals surface area (Å²) in [6.07, 6.45) is 3.94. The number of carboxylic acids is 1. The first kappa shape index (κ1) is 27.1. The number of aryl methyl sites for hydroxylation is 1. The maximum Gasteiger partial charge on any atom is 0.323 e. The smallest absolute Gasteiger partial charge is 0.323 e. The molecule has 38 heavy (non-hydrogen) atoms. The average molecular weight is 513 g/mol. The molecule has 0 spiro atoms. The number of ether oxygens (including phenoxy) is 3. The van der Waals surface area contributed by atoms with Gasteiger partial charge in [0.05, 0.1) is 25.4 Å². The molecule has 1 fully saturated rings. The third-order valence-electron chi connectivity index (χ3n) is 6.63.